The van der Waals surface area contributed by atoms with Crippen molar-refractivity contribution >= 4 is 10.8 Å². The summed E-state index contributed by atoms with van der Waals surface area (Å²) in [5.74, 6) is 0. The van der Waals surface area contributed by atoms with Gasteiger partial charge in [-0.25, -0.2) is 0 Å². The Bertz CT molecular complexity index is 861. The predicted octanol–water partition coefficient (Wildman–Crippen LogP) is 7.95. The summed E-state index contributed by atoms with van der Waals surface area (Å²) in [6, 6.07) is 33.8. The number of hydrogen-bond acceptors (Lipinski definition) is 0. The molecule has 0 aliphatic heterocycles. The third-order valence-corrected chi connectivity index (χ3v) is 4.82. The maximum atomic E-state index is 2.16. The highest BCUT2D eigenvalue weighted by atomic mass is 14.0. The first kappa shape index (κ1) is 21.4. The van der Waals surface area contributed by atoms with Gasteiger partial charge in [0.1, 0.15) is 0 Å². The lowest BCUT2D eigenvalue weighted by Gasteiger charge is -2.04. The van der Waals surface area contributed by atoms with Gasteiger partial charge in [0.25, 0.3) is 0 Å². The molecule has 144 valence electrons. The quantitative estimate of drug-likeness (QED) is 0.337. The molecule has 28 heavy (non-hydrogen) atoms. The van der Waals surface area contributed by atoms with Crippen molar-refractivity contribution < 1.29 is 0 Å². The molecule has 0 aliphatic rings. The lowest BCUT2D eigenvalue weighted by atomic mass is 10.0. The first-order valence-corrected chi connectivity index (χ1v) is 10.2. The summed E-state index contributed by atoms with van der Waals surface area (Å²) in [6.07, 6.45) is 2.28. The fraction of sp³-hybridized carbons (Fsp3) is 0.214. The van der Waals surface area contributed by atoms with Crippen LogP contribution in [0.1, 0.15) is 36.1 Å². The van der Waals surface area contributed by atoms with E-state index in [-0.39, 0.29) is 0 Å². The molecule has 0 spiro atoms. The highest BCUT2D eigenvalue weighted by Gasteiger charge is 1.97. The molecule has 0 fully saturated rings. The Kier molecular flexibility index (Phi) is 9.01. The van der Waals surface area contributed by atoms with E-state index in [1.807, 2.05) is 12.1 Å². The molecule has 0 bridgehead atoms. The summed E-state index contributed by atoms with van der Waals surface area (Å²) in [6.45, 7) is 8.65. The lowest BCUT2D eigenvalue weighted by Crippen LogP contribution is -1.81. The van der Waals surface area contributed by atoms with Crippen LogP contribution >= 0.6 is 0 Å². The van der Waals surface area contributed by atoms with E-state index >= 15 is 0 Å². The molecule has 4 aromatic carbocycles. The Labute approximate surface area is 170 Å². The molecule has 0 radical (unpaired) electrons. The summed E-state index contributed by atoms with van der Waals surface area (Å²) in [5.41, 5.74) is 5.55. The van der Waals surface area contributed by atoms with Gasteiger partial charge in [-0.05, 0) is 59.7 Å². The first-order valence-electron chi connectivity index (χ1n) is 10.2. The largest absolute Gasteiger partial charge is 0.0622 e. The van der Waals surface area contributed by atoms with E-state index in [1.165, 1.54) is 33.0 Å². The third-order valence-electron chi connectivity index (χ3n) is 4.82. The molecule has 0 N–H and O–H groups in total. The summed E-state index contributed by atoms with van der Waals surface area (Å²) in [4.78, 5) is 0. The molecule has 4 rings (SSSR count). The summed E-state index contributed by atoms with van der Waals surface area (Å²) in [7, 11) is 0. The number of fused-ring (bicyclic) bond motifs is 1. The fourth-order valence-corrected chi connectivity index (χ4v) is 3.17. The zero-order valence-corrected chi connectivity index (χ0v) is 17.7. The van der Waals surface area contributed by atoms with Gasteiger partial charge < -0.3 is 0 Å². The molecule has 0 amide bonds. The van der Waals surface area contributed by atoms with Crippen LogP contribution in [-0.2, 0) is 12.8 Å². The van der Waals surface area contributed by atoms with Crippen molar-refractivity contribution in [2.45, 2.75) is 40.5 Å². The molecule has 0 saturated heterocycles. The molecule has 0 heterocycles. The monoisotopic (exact) mass is 368 g/mol. The molecular formula is C28H32. The predicted molar refractivity (Wildman–Crippen MR) is 125 cm³/mol. The van der Waals surface area contributed by atoms with E-state index in [9.17, 15) is 0 Å². The van der Waals surface area contributed by atoms with E-state index in [4.69, 9.17) is 0 Å². The van der Waals surface area contributed by atoms with Crippen molar-refractivity contribution in [2.24, 2.45) is 0 Å². The van der Waals surface area contributed by atoms with Gasteiger partial charge in [0, 0.05) is 0 Å². The second-order valence-electron chi connectivity index (χ2n) is 6.93. The average molecular weight is 369 g/mol. The highest BCUT2D eigenvalue weighted by molar-refractivity contribution is 5.88. The molecule has 0 aromatic heterocycles. The second kappa shape index (κ2) is 11.8. The zero-order chi connectivity index (χ0) is 20.2. The van der Waals surface area contributed by atoms with Gasteiger partial charge in [0.15, 0.2) is 0 Å². The molecular weight excluding hydrogens is 336 g/mol. The molecule has 0 heteroatoms. The fourth-order valence-electron chi connectivity index (χ4n) is 3.17. The third kappa shape index (κ3) is 6.70. The second-order valence-corrected chi connectivity index (χ2v) is 6.93. The summed E-state index contributed by atoms with van der Waals surface area (Å²) in [5, 5.41) is 2.75. The molecule has 0 saturated carbocycles. The van der Waals surface area contributed by atoms with Gasteiger partial charge in [-0.1, -0.05) is 111 Å². The Morgan fingerprint density at radius 1 is 0.464 bits per heavy atom. The molecule has 0 atom stereocenters. The number of benzene rings is 4. The smallest absolute Gasteiger partial charge is 0.0125 e. The Morgan fingerprint density at radius 3 is 1.14 bits per heavy atom. The van der Waals surface area contributed by atoms with Crippen LogP contribution < -0.4 is 0 Å². The van der Waals surface area contributed by atoms with Crippen molar-refractivity contribution in [3.8, 4) is 0 Å². The van der Waals surface area contributed by atoms with Crippen LogP contribution in [0.2, 0.25) is 0 Å². The summed E-state index contributed by atoms with van der Waals surface area (Å²) >= 11 is 0. The number of aryl methyl sites for hydroxylation is 4. The maximum absolute atomic E-state index is 2.16. The van der Waals surface area contributed by atoms with Gasteiger partial charge in [-0.3, -0.25) is 0 Å². The van der Waals surface area contributed by atoms with Gasteiger partial charge in [-0.2, -0.15) is 0 Å². The van der Waals surface area contributed by atoms with Crippen molar-refractivity contribution in [3.05, 3.63) is 119 Å². The average Bonchev–Trinajstić information content (AvgIpc) is 2.76. The normalized spacial score (nSPS) is 9.71. The Morgan fingerprint density at radius 2 is 0.857 bits per heavy atom. The molecule has 0 unspecified atom stereocenters. The molecule has 4 aromatic rings. The zero-order valence-electron chi connectivity index (χ0n) is 17.7. The molecule has 0 nitrogen and oxygen atoms in total. The van der Waals surface area contributed by atoms with Gasteiger partial charge in [-0.15, -0.1) is 0 Å². The van der Waals surface area contributed by atoms with Crippen LogP contribution in [0.5, 0.6) is 0 Å². The Balaban J connectivity index is 0.000000156. The van der Waals surface area contributed by atoms with Crippen molar-refractivity contribution in [1.82, 2.24) is 0 Å². The lowest BCUT2D eigenvalue weighted by molar-refractivity contribution is 1.14. The highest BCUT2D eigenvalue weighted by Crippen LogP contribution is 2.21. The van der Waals surface area contributed by atoms with Crippen LogP contribution in [0.15, 0.2) is 97.1 Å². The van der Waals surface area contributed by atoms with Gasteiger partial charge in [0.05, 0.1) is 0 Å². The number of hydrogen-bond donors (Lipinski definition) is 0. The first-order chi connectivity index (χ1) is 13.7. The van der Waals surface area contributed by atoms with E-state index < -0.39 is 0 Å². The minimum atomic E-state index is 1.14. The van der Waals surface area contributed by atoms with E-state index in [1.54, 1.807) is 0 Å². The minimum Gasteiger partial charge on any atom is -0.0622 e. The van der Waals surface area contributed by atoms with Crippen molar-refractivity contribution in [3.63, 3.8) is 0 Å². The summed E-state index contributed by atoms with van der Waals surface area (Å²) < 4.78 is 0. The topological polar surface area (TPSA) is 0 Å². The van der Waals surface area contributed by atoms with Crippen LogP contribution in [0, 0.1) is 13.8 Å². The van der Waals surface area contributed by atoms with Crippen LogP contribution in [0.3, 0.4) is 0 Å². The van der Waals surface area contributed by atoms with Gasteiger partial charge >= 0.3 is 0 Å². The van der Waals surface area contributed by atoms with Crippen molar-refractivity contribution in [1.29, 1.82) is 0 Å². The minimum absolute atomic E-state index is 1.14. The Hall–Kier alpha value is -2.86. The molecule has 0 aliphatic carbocycles. The standard InChI is InChI=1S/C12H12.2C8H10/c1-9-5-3-7-11-8-4-6-10(2)12(9)11;2*1-2-8-6-4-3-5-7-8/h3-8H,1-2H3;2*3-7H,2H2,1H3. The van der Waals surface area contributed by atoms with E-state index in [2.05, 4.69) is 113 Å². The number of rotatable bonds is 2. The van der Waals surface area contributed by atoms with Crippen LogP contribution in [0.4, 0.5) is 0 Å². The van der Waals surface area contributed by atoms with Gasteiger partial charge in [0.2, 0.25) is 0 Å². The van der Waals surface area contributed by atoms with Crippen LogP contribution in [-0.4, -0.2) is 0 Å². The SMILES string of the molecule is CCc1ccccc1.CCc1ccccc1.Cc1cccc2cccc(C)c12. The maximum Gasteiger partial charge on any atom is -0.0125 e. The van der Waals surface area contributed by atoms with E-state index in [0.29, 0.717) is 0 Å². The van der Waals surface area contributed by atoms with Crippen molar-refractivity contribution in [2.75, 3.05) is 0 Å². The van der Waals surface area contributed by atoms with Crippen LogP contribution in [0.25, 0.3) is 10.8 Å². The van der Waals surface area contributed by atoms with E-state index in [0.717, 1.165) is 12.8 Å².